The Kier molecular flexibility index (Phi) is 4.29. The van der Waals surface area contributed by atoms with Gasteiger partial charge < -0.3 is 9.52 Å². The summed E-state index contributed by atoms with van der Waals surface area (Å²) in [5.74, 6) is -0.124. The molecule has 0 aliphatic heterocycles. The van der Waals surface area contributed by atoms with E-state index in [0.717, 1.165) is 10.9 Å². The molecule has 140 valence electrons. The van der Waals surface area contributed by atoms with Crippen molar-refractivity contribution < 1.29 is 19.2 Å². The van der Waals surface area contributed by atoms with Gasteiger partial charge >= 0.3 is 0 Å². The Morgan fingerprint density at radius 3 is 2.71 bits per heavy atom. The van der Waals surface area contributed by atoms with E-state index in [0.29, 0.717) is 16.6 Å². The number of carbonyl (C=O) groups excluding carboxylic acids is 1. The number of aromatic nitrogens is 1. The van der Waals surface area contributed by atoms with Gasteiger partial charge in [-0.2, -0.15) is 0 Å². The molecular formula is C21H16N2O5. The van der Waals surface area contributed by atoms with Crippen LogP contribution in [0.3, 0.4) is 0 Å². The highest BCUT2D eigenvalue weighted by Crippen LogP contribution is 2.32. The van der Waals surface area contributed by atoms with Crippen molar-refractivity contribution in [3.63, 3.8) is 0 Å². The summed E-state index contributed by atoms with van der Waals surface area (Å²) < 4.78 is 7.08. The van der Waals surface area contributed by atoms with Crippen LogP contribution < -0.4 is 0 Å². The van der Waals surface area contributed by atoms with Crippen molar-refractivity contribution in [2.45, 2.75) is 13.5 Å². The van der Waals surface area contributed by atoms with Crippen LogP contribution in [0.25, 0.3) is 22.2 Å². The van der Waals surface area contributed by atoms with Crippen molar-refractivity contribution in [3.05, 3.63) is 87.8 Å². The highest BCUT2D eigenvalue weighted by molar-refractivity contribution is 6.01. The molecule has 4 rings (SSSR count). The quantitative estimate of drug-likeness (QED) is 0.423. The number of furan rings is 1. The van der Waals surface area contributed by atoms with Crippen molar-refractivity contribution in [3.8, 4) is 11.3 Å². The monoisotopic (exact) mass is 376 g/mol. The van der Waals surface area contributed by atoms with Gasteiger partial charge in [0.2, 0.25) is 0 Å². The molecule has 7 nitrogen and oxygen atoms in total. The SMILES string of the molecule is Cc1ccc(-c2ccc(C(=O)n3cc(CO)c4ccccc43)o2)c([N+](=O)[O-])c1. The molecule has 0 saturated carbocycles. The Morgan fingerprint density at radius 2 is 1.96 bits per heavy atom. The Balaban J connectivity index is 1.77. The molecule has 0 spiro atoms. The molecule has 0 bridgehead atoms. The van der Waals surface area contributed by atoms with Gasteiger partial charge in [0.05, 0.1) is 22.6 Å². The number of aliphatic hydroxyl groups is 1. The standard InChI is InChI=1S/C21H16N2O5/c1-13-6-7-16(18(10-13)23(26)27)19-8-9-20(28-19)21(25)22-11-14(12-24)15-4-2-3-5-17(15)22/h2-11,24H,12H2,1H3. The van der Waals surface area contributed by atoms with Crippen LogP contribution >= 0.6 is 0 Å². The first kappa shape index (κ1) is 17.7. The van der Waals surface area contributed by atoms with Crippen molar-refractivity contribution in [2.24, 2.45) is 0 Å². The van der Waals surface area contributed by atoms with Gasteiger partial charge in [-0.05, 0) is 36.8 Å². The van der Waals surface area contributed by atoms with Crippen molar-refractivity contribution in [1.29, 1.82) is 0 Å². The molecular weight excluding hydrogens is 360 g/mol. The van der Waals surface area contributed by atoms with Crippen molar-refractivity contribution >= 4 is 22.5 Å². The number of fused-ring (bicyclic) bond motifs is 1. The fraction of sp³-hybridized carbons (Fsp3) is 0.0952. The first-order chi connectivity index (χ1) is 13.5. The van der Waals surface area contributed by atoms with Gasteiger partial charge in [0.15, 0.2) is 5.76 Å². The number of aryl methyl sites for hydroxylation is 1. The van der Waals surface area contributed by atoms with E-state index < -0.39 is 10.8 Å². The second-order valence-electron chi connectivity index (χ2n) is 6.45. The summed E-state index contributed by atoms with van der Waals surface area (Å²) in [7, 11) is 0. The zero-order valence-electron chi connectivity index (χ0n) is 15.0. The number of aliphatic hydroxyl groups excluding tert-OH is 1. The summed E-state index contributed by atoms with van der Waals surface area (Å²) in [4.78, 5) is 23.8. The average molecular weight is 376 g/mol. The predicted molar refractivity (Wildman–Crippen MR) is 103 cm³/mol. The summed E-state index contributed by atoms with van der Waals surface area (Å²) in [5, 5.41) is 21.7. The van der Waals surface area contributed by atoms with E-state index in [1.807, 2.05) is 12.1 Å². The van der Waals surface area contributed by atoms with E-state index in [1.54, 1.807) is 43.5 Å². The molecule has 0 radical (unpaired) electrons. The van der Waals surface area contributed by atoms with E-state index in [4.69, 9.17) is 4.42 Å². The smallest absolute Gasteiger partial charge is 0.298 e. The maximum Gasteiger partial charge on any atom is 0.298 e. The van der Waals surface area contributed by atoms with Crippen LogP contribution in [0.4, 0.5) is 5.69 Å². The van der Waals surface area contributed by atoms with Crippen molar-refractivity contribution in [2.75, 3.05) is 0 Å². The minimum atomic E-state index is -0.473. The Bertz CT molecular complexity index is 1220. The van der Waals surface area contributed by atoms with Crippen LogP contribution in [0, 0.1) is 17.0 Å². The summed E-state index contributed by atoms with van der Waals surface area (Å²) in [6.45, 7) is 1.57. The number of rotatable bonds is 4. The summed E-state index contributed by atoms with van der Waals surface area (Å²) >= 11 is 0. The number of hydrogen-bond acceptors (Lipinski definition) is 5. The van der Waals surface area contributed by atoms with Gasteiger partial charge in [0, 0.05) is 23.2 Å². The molecule has 28 heavy (non-hydrogen) atoms. The highest BCUT2D eigenvalue weighted by Gasteiger charge is 2.22. The number of carbonyl (C=O) groups is 1. The molecule has 2 heterocycles. The van der Waals surface area contributed by atoms with Gasteiger partial charge in [-0.25, -0.2) is 0 Å². The molecule has 0 amide bonds. The van der Waals surface area contributed by atoms with Gasteiger partial charge in [0.25, 0.3) is 11.6 Å². The van der Waals surface area contributed by atoms with E-state index in [9.17, 15) is 20.0 Å². The third kappa shape index (κ3) is 2.87. The molecule has 4 aromatic rings. The average Bonchev–Trinajstić information content (AvgIpc) is 3.32. The maximum absolute atomic E-state index is 13.0. The first-order valence-corrected chi connectivity index (χ1v) is 8.59. The molecule has 0 aliphatic rings. The molecule has 0 atom stereocenters. The lowest BCUT2D eigenvalue weighted by Crippen LogP contribution is -2.09. The van der Waals surface area contributed by atoms with Crippen LogP contribution in [0.15, 0.2) is 65.2 Å². The van der Waals surface area contributed by atoms with Gasteiger partial charge in [-0.3, -0.25) is 19.5 Å². The van der Waals surface area contributed by atoms with E-state index in [2.05, 4.69) is 0 Å². The highest BCUT2D eigenvalue weighted by atomic mass is 16.6. The lowest BCUT2D eigenvalue weighted by molar-refractivity contribution is -0.384. The zero-order chi connectivity index (χ0) is 19.8. The Labute approximate surface area is 159 Å². The molecule has 2 aromatic carbocycles. The molecule has 0 aliphatic carbocycles. The molecule has 2 aromatic heterocycles. The van der Waals surface area contributed by atoms with Gasteiger partial charge in [-0.15, -0.1) is 0 Å². The fourth-order valence-corrected chi connectivity index (χ4v) is 3.26. The van der Waals surface area contributed by atoms with Gasteiger partial charge in [-0.1, -0.05) is 24.3 Å². The molecule has 7 heteroatoms. The topological polar surface area (TPSA) is 98.5 Å². The minimum absolute atomic E-state index is 0.0510. The summed E-state index contributed by atoms with van der Waals surface area (Å²) in [6.07, 6.45) is 1.57. The fourth-order valence-electron chi connectivity index (χ4n) is 3.26. The zero-order valence-corrected chi connectivity index (χ0v) is 15.0. The third-order valence-electron chi connectivity index (χ3n) is 4.62. The number of nitro benzene ring substituents is 1. The van der Waals surface area contributed by atoms with Crippen molar-refractivity contribution in [1.82, 2.24) is 4.57 Å². The van der Waals surface area contributed by atoms with E-state index >= 15 is 0 Å². The van der Waals surface area contributed by atoms with Crippen LogP contribution in [0.2, 0.25) is 0 Å². The van der Waals surface area contributed by atoms with Crippen LogP contribution in [0.1, 0.15) is 21.7 Å². The summed E-state index contributed by atoms with van der Waals surface area (Å²) in [5.41, 5.74) is 2.26. The maximum atomic E-state index is 13.0. The Morgan fingerprint density at radius 1 is 1.18 bits per heavy atom. The molecule has 0 fully saturated rings. The number of nitrogens with zero attached hydrogens (tertiary/aromatic N) is 2. The van der Waals surface area contributed by atoms with Crippen LogP contribution in [-0.4, -0.2) is 20.5 Å². The third-order valence-corrected chi connectivity index (χ3v) is 4.62. The van der Waals surface area contributed by atoms with E-state index in [-0.39, 0.29) is 23.8 Å². The minimum Gasteiger partial charge on any atom is -0.451 e. The second kappa shape index (κ2) is 6.79. The lowest BCUT2D eigenvalue weighted by atomic mass is 10.1. The van der Waals surface area contributed by atoms with E-state index in [1.165, 1.54) is 16.7 Å². The molecule has 1 N–H and O–H groups in total. The number of para-hydroxylation sites is 1. The van der Waals surface area contributed by atoms with Crippen LogP contribution in [-0.2, 0) is 6.61 Å². The number of nitro groups is 1. The van der Waals surface area contributed by atoms with Gasteiger partial charge in [0.1, 0.15) is 5.76 Å². The second-order valence-corrected chi connectivity index (χ2v) is 6.45. The normalized spacial score (nSPS) is 11.1. The lowest BCUT2D eigenvalue weighted by Gasteiger charge is -2.03. The summed E-state index contributed by atoms with van der Waals surface area (Å²) in [6, 6.07) is 15.1. The predicted octanol–water partition coefficient (Wildman–Crippen LogP) is 4.30. The Hall–Kier alpha value is -3.71. The number of hydrogen-bond donors (Lipinski definition) is 1. The first-order valence-electron chi connectivity index (χ1n) is 8.59. The largest absolute Gasteiger partial charge is 0.451 e. The van der Waals surface area contributed by atoms with Crippen LogP contribution in [0.5, 0.6) is 0 Å². The molecule has 0 saturated heterocycles. The molecule has 0 unspecified atom stereocenters. The number of benzene rings is 2.